The fourth-order valence-electron chi connectivity index (χ4n) is 4.04. The maximum atomic E-state index is 13.3. The van der Waals surface area contributed by atoms with Crippen LogP contribution in [0.5, 0.6) is 0 Å². The Balaban J connectivity index is 1.87. The molecule has 0 aliphatic carbocycles. The Morgan fingerprint density at radius 2 is 1.78 bits per heavy atom. The van der Waals surface area contributed by atoms with Gasteiger partial charge in [-0.2, -0.15) is 0 Å². The van der Waals surface area contributed by atoms with Crippen LogP contribution in [0, 0.1) is 5.92 Å². The first-order valence-electron chi connectivity index (χ1n) is 9.50. The van der Waals surface area contributed by atoms with Crippen LogP contribution in [0.25, 0.3) is 0 Å². The first kappa shape index (κ1) is 19.2. The van der Waals surface area contributed by atoms with E-state index in [1.165, 1.54) is 0 Å². The fourth-order valence-corrected chi connectivity index (χ4v) is 4.04. The molecule has 0 radical (unpaired) electrons. The molecule has 2 aliphatic rings. The van der Waals surface area contributed by atoms with E-state index in [0.29, 0.717) is 32.6 Å². The number of likely N-dealkylation sites (tertiary alicyclic amines) is 1. The molecule has 2 saturated heterocycles. The van der Waals surface area contributed by atoms with E-state index in [1.807, 2.05) is 49.1 Å². The number of likely N-dealkylation sites (N-methyl/N-ethyl adjacent to an activating group) is 1. The summed E-state index contributed by atoms with van der Waals surface area (Å²) in [4.78, 5) is 43.1. The quantitative estimate of drug-likeness (QED) is 0.858. The van der Waals surface area contributed by atoms with E-state index < -0.39 is 5.54 Å². The zero-order valence-electron chi connectivity index (χ0n) is 16.3. The zero-order valence-corrected chi connectivity index (χ0v) is 16.3. The molecule has 7 heteroatoms. The Bertz CT molecular complexity index is 711. The summed E-state index contributed by atoms with van der Waals surface area (Å²) < 4.78 is 0. The van der Waals surface area contributed by atoms with E-state index in [0.717, 1.165) is 5.69 Å². The Labute approximate surface area is 160 Å². The number of piperidine rings is 1. The SMILES string of the molecule is CNC(=O)CN1CN(c2ccccc2)C2(CCN(C(=O)C(C)C)CC2)C1=O. The van der Waals surface area contributed by atoms with E-state index >= 15 is 0 Å². The Morgan fingerprint density at radius 3 is 2.33 bits per heavy atom. The fraction of sp³-hybridized carbons (Fsp3) is 0.550. The predicted molar refractivity (Wildman–Crippen MR) is 103 cm³/mol. The molecule has 2 fully saturated rings. The second-order valence-corrected chi connectivity index (χ2v) is 7.59. The minimum atomic E-state index is -0.691. The number of carbonyl (C=O) groups excluding carboxylic acids is 3. The lowest BCUT2D eigenvalue weighted by Gasteiger charge is -2.43. The smallest absolute Gasteiger partial charge is 0.250 e. The molecule has 1 aromatic carbocycles. The third-order valence-electron chi connectivity index (χ3n) is 5.59. The van der Waals surface area contributed by atoms with Gasteiger partial charge in [0.25, 0.3) is 5.91 Å². The third-order valence-corrected chi connectivity index (χ3v) is 5.59. The number of rotatable bonds is 4. The molecule has 2 heterocycles. The molecular weight excluding hydrogens is 344 g/mol. The molecule has 0 aromatic heterocycles. The Morgan fingerprint density at radius 1 is 1.15 bits per heavy atom. The topological polar surface area (TPSA) is 73.0 Å². The van der Waals surface area contributed by atoms with Crippen LogP contribution < -0.4 is 10.2 Å². The molecule has 146 valence electrons. The van der Waals surface area contributed by atoms with Crippen LogP contribution in [0.2, 0.25) is 0 Å². The van der Waals surface area contributed by atoms with Crippen molar-refractivity contribution in [3.8, 4) is 0 Å². The number of benzene rings is 1. The van der Waals surface area contributed by atoms with Crippen LogP contribution in [-0.4, -0.2) is 66.4 Å². The van der Waals surface area contributed by atoms with E-state index in [4.69, 9.17) is 0 Å². The summed E-state index contributed by atoms with van der Waals surface area (Å²) in [5, 5.41) is 2.59. The van der Waals surface area contributed by atoms with Crippen molar-refractivity contribution in [1.29, 1.82) is 0 Å². The lowest BCUT2D eigenvalue weighted by Crippen LogP contribution is -2.57. The summed E-state index contributed by atoms with van der Waals surface area (Å²) in [7, 11) is 1.57. The van der Waals surface area contributed by atoms with E-state index in [1.54, 1.807) is 11.9 Å². The molecular formula is C20H28N4O3. The number of hydrogen-bond donors (Lipinski definition) is 1. The van der Waals surface area contributed by atoms with Crippen molar-refractivity contribution in [2.45, 2.75) is 32.2 Å². The first-order chi connectivity index (χ1) is 12.9. The van der Waals surface area contributed by atoms with Gasteiger partial charge in [0.2, 0.25) is 11.8 Å². The molecule has 0 unspecified atom stereocenters. The molecule has 27 heavy (non-hydrogen) atoms. The largest absolute Gasteiger partial charge is 0.358 e. The molecule has 7 nitrogen and oxygen atoms in total. The molecule has 1 spiro atoms. The van der Waals surface area contributed by atoms with Gasteiger partial charge >= 0.3 is 0 Å². The molecule has 0 saturated carbocycles. The summed E-state index contributed by atoms with van der Waals surface area (Å²) in [6, 6.07) is 9.83. The van der Waals surface area contributed by atoms with Gasteiger partial charge in [-0.05, 0) is 25.0 Å². The van der Waals surface area contributed by atoms with Crippen molar-refractivity contribution in [1.82, 2.24) is 15.1 Å². The highest BCUT2D eigenvalue weighted by Crippen LogP contribution is 2.39. The number of hydrogen-bond acceptors (Lipinski definition) is 4. The highest BCUT2D eigenvalue weighted by Gasteiger charge is 2.54. The van der Waals surface area contributed by atoms with Gasteiger partial charge in [-0.15, -0.1) is 0 Å². The standard InChI is InChI=1S/C20H28N4O3/c1-15(2)18(26)22-11-9-20(10-12-22)19(27)23(13-17(25)21-3)14-24(20)16-7-5-4-6-8-16/h4-8,15H,9-14H2,1-3H3,(H,21,25). The van der Waals surface area contributed by atoms with Gasteiger partial charge in [-0.3, -0.25) is 14.4 Å². The maximum absolute atomic E-state index is 13.3. The minimum absolute atomic E-state index is 0.0217. The van der Waals surface area contributed by atoms with E-state index in [-0.39, 0.29) is 30.2 Å². The third kappa shape index (κ3) is 3.50. The number of amides is 3. The number of anilines is 1. The van der Waals surface area contributed by atoms with Gasteiger partial charge in [-0.1, -0.05) is 32.0 Å². The number of para-hydroxylation sites is 1. The lowest BCUT2D eigenvalue weighted by atomic mass is 9.85. The highest BCUT2D eigenvalue weighted by atomic mass is 16.2. The van der Waals surface area contributed by atoms with Crippen molar-refractivity contribution >= 4 is 23.4 Å². The average molecular weight is 372 g/mol. The molecule has 1 aromatic rings. The average Bonchev–Trinajstić information content (AvgIpc) is 2.94. The van der Waals surface area contributed by atoms with Gasteiger partial charge in [-0.25, -0.2) is 0 Å². The van der Waals surface area contributed by atoms with Crippen LogP contribution in [-0.2, 0) is 14.4 Å². The minimum Gasteiger partial charge on any atom is -0.358 e. The Kier molecular flexibility index (Phi) is 5.39. The molecule has 0 atom stereocenters. The van der Waals surface area contributed by atoms with Crippen LogP contribution in [0.3, 0.4) is 0 Å². The molecule has 2 aliphatic heterocycles. The van der Waals surface area contributed by atoms with Crippen molar-refractivity contribution in [2.75, 3.05) is 38.3 Å². The molecule has 3 rings (SSSR count). The van der Waals surface area contributed by atoms with Crippen molar-refractivity contribution in [3.63, 3.8) is 0 Å². The van der Waals surface area contributed by atoms with Gasteiger partial charge in [0.1, 0.15) is 12.1 Å². The summed E-state index contributed by atoms with van der Waals surface area (Å²) in [6.07, 6.45) is 1.15. The monoisotopic (exact) mass is 372 g/mol. The van der Waals surface area contributed by atoms with E-state index in [9.17, 15) is 14.4 Å². The lowest BCUT2D eigenvalue weighted by molar-refractivity contribution is -0.141. The molecule has 0 bridgehead atoms. The van der Waals surface area contributed by atoms with Crippen LogP contribution in [0.15, 0.2) is 30.3 Å². The first-order valence-corrected chi connectivity index (χ1v) is 9.50. The predicted octanol–water partition coefficient (Wildman–Crippen LogP) is 1.06. The van der Waals surface area contributed by atoms with Crippen LogP contribution >= 0.6 is 0 Å². The van der Waals surface area contributed by atoms with Gasteiger partial charge in [0, 0.05) is 31.7 Å². The summed E-state index contributed by atoms with van der Waals surface area (Å²) in [5.74, 6) is -0.121. The van der Waals surface area contributed by atoms with Crippen molar-refractivity contribution < 1.29 is 14.4 Å². The summed E-state index contributed by atoms with van der Waals surface area (Å²) in [6.45, 7) is 5.34. The van der Waals surface area contributed by atoms with Gasteiger partial charge in [0.05, 0.1) is 6.67 Å². The Hall–Kier alpha value is -2.57. The van der Waals surface area contributed by atoms with Gasteiger partial charge < -0.3 is 20.0 Å². The second kappa shape index (κ2) is 7.58. The zero-order chi connectivity index (χ0) is 19.6. The number of carbonyl (C=O) groups is 3. The molecule has 3 amide bonds. The maximum Gasteiger partial charge on any atom is 0.250 e. The normalized spacial score (nSPS) is 19.1. The van der Waals surface area contributed by atoms with E-state index in [2.05, 4.69) is 10.2 Å². The summed E-state index contributed by atoms with van der Waals surface area (Å²) >= 11 is 0. The number of nitrogens with one attached hydrogen (secondary N) is 1. The van der Waals surface area contributed by atoms with Crippen molar-refractivity contribution in [3.05, 3.63) is 30.3 Å². The van der Waals surface area contributed by atoms with Crippen LogP contribution in [0.4, 0.5) is 5.69 Å². The number of nitrogens with zero attached hydrogens (tertiary/aromatic N) is 3. The second-order valence-electron chi connectivity index (χ2n) is 7.59. The van der Waals surface area contributed by atoms with Crippen LogP contribution in [0.1, 0.15) is 26.7 Å². The van der Waals surface area contributed by atoms with Gasteiger partial charge in [0.15, 0.2) is 0 Å². The molecule has 1 N–H and O–H groups in total. The highest BCUT2D eigenvalue weighted by molar-refractivity contribution is 5.96. The summed E-state index contributed by atoms with van der Waals surface area (Å²) in [5.41, 5.74) is 0.275. The van der Waals surface area contributed by atoms with Crippen molar-refractivity contribution in [2.24, 2.45) is 5.92 Å².